The van der Waals surface area contributed by atoms with E-state index in [1.165, 1.54) is 14.0 Å². The summed E-state index contributed by atoms with van der Waals surface area (Å²) in [6.07, 6.45) is 0.679. The van der Waals surface area contributed by atoms with E-state index in [0.29, 0.717) is 12.3 Å². The standard InChI is InChI=1S/C14H17ClO3/c1-10(16)7-13(14(17)18-2)8-11-5-3-4-6-12(11)9-15/h3-6,13H,7-9H2,1-2H3. The number of carbonyl (C=O) groups excluding carboxylic acids is 2. The number of alkyl halides is 1. The number of hydrogen-bond acceptors (Lipinski definition) is 3. The van der Waals surface area contributed by atoms with Crippen LogP contribution in [-0.2, 0) is 26.6 Å². The van der Waals surface area contributed by atoms with Gasteiger partial charge in [0.1, 0.15) is 5.78 Å². The summed E-state index contributed by atoms with van der Waals surface area (Å²) in [6.45, 7) is 1.48. The minimum atomic E-state index is -0.433. The number of esters is 1. The summed E-state index contributed by atoms with van der Waals surface area (Å²) < 4.78 is 4.73. The normalized spacial score (nSPS) is 11.9. The van der Waals surface area contributed by atoms with E-state index in [4.69, 9.17) is 16.3 Å². The Balaban J connectivity index is 2.88. The van der Waals surface area contributed by atoms with Crippen molar-refractivity contribution in [2.45, 2.75) is 25.6 Å². The van der Waals surface area contributed by atoms with E-state index in [0.717, 1.165) is 11.1 Å². The quantitative estimate of drug-likeness (QED) is 0.589. The molecule has 0 saturated carbocycles. The molecule has 0 aliphatic carbocycles. The maximum absolute atomic E-state index is 11.6. The number of methoxy groups -OCH3 is 1. The first-order valence-corrected chi connectivity index (χ1v) is 6.32. The maximum atomic E-state index is 11.6. The van der Waals surface area contributed by atoms with Gasteiger partial charge < -0.3 is 9.53 Å². The average molecular weight is 269 g/mol. The second-order valence-electron chi connectivity index (χ2n) is 4.23. The van der Waals surface area contributed by atoms with Gasteiger partial charge in [0, 0.05) is 12.3 Å². The monoisotopic (exact) mass is 268 g/mol. The number of benzene rings is 1. The van der Waals surface area contributed by atoms with Crippen LogP contribution in [0, 0.1) is 5.92 Å². The van der Waals surface area contributed by atoms with E-state index < -0.39 is 5.92 Å². The van der Waals surface area contributed by atoms with Gasteiger partial charge in [-0.2, -0.15) is 0 Å². The van der Waals surface area contributed by atoms with Crippen LogP contribution in [0.1, 0.15) is 24.5 Å². The van der Waals surface area contributed by atoms with E-state index >= 15 is 0 Å². The molecule has 1 atom stereocenters. The molecule has 0 aromatic heterocycles. The van der Waals surface area contributed by atoms with Gasteiger partial charge in [-0.25, -0.2) is 0 Å². The summed E-state index contributed by atoms with van der Waals surface area (Å²) in [5.74, 6) is -0.412. The topological polar surface area (TPSA) is 43.4 Å². The van der Waals surface area contributed by atoms with Gasteiger partial charge in [0.15, 0.2) is 0 Å². The summed E-state index contributed by atoms with van der Waals surface area (Å²) in [6, 6.07) is 7.64. The van der Waals surface area contributed by atoms with Crippen molar-refractivity contribution < 1.29 is 14.3 Å². The Hall–Kier alpha value is -1.35. The zero-order valence-electron chi connectivity index (χ0n) is 10.6. The van der Waals surface area contributed by atoms with Gasteiger partial charge in [-0.3, -0.25) is 4.79 Å². The van der Waals surface area contributed by atoms with E-state index in [9.17, 15) is 9.59 Å². The van der Waals surface area contributed by atoms with Crippen LogP contribution < -0.4 is 0 Å². The number of halogens is 1. The van der Waals surface area contributed by atoms with Crippen molar-refractivity contribution in [1.29, 1.82) is 0 Å². The number of carbonyl (C=O) groups is 2. The molecule has 98 valence electrons. The molecule has 0 aliphatic heterocycles. The van der Waals surface area contributed by atoms with Crippen LogP contribution in [0.25, 0.3) is 0 Å². The Morgan fingerprint density at radius 1 is 1.28 bits per heavy atom. The highest BCUT2D eigenvalue weighted by molar-refractivity contribution is 6.17. The molecule has 0 saturated heterocycles. The molecule has 0 heterocycles. The Kier molecular flexibility index (Phi) is 5.86. The van der Waals surface area contributed by atoms with Crippen LogP contribution >= 0.6 is 11.6 Å². The molecule has 1 aromatic rings. The number of Topliss-reactive ketones (excluding diaryl/α,β-unsaturated/α-hetero) is 1. The summed E-state index contributed by atoms with van der Waals surface area (Å²) in [5, 5.41) is 0. The largest absolute Gasteiger partial charge is 0.469 e. The van der Waals surface area contributed by atoms with Crippen molar-refractivity contribution >= 4 is 23.4 Å². The molecular formula is C14H17ClO3. The third-order valence-electron chi connectivity index (χ3n) is 2.80. The predicted molar refractivity (Wildman–Crippen MR) is 70.5 cm³/mol. The Labute approximate surface area is 112 Å². The highest BCUT2D eigenvalue weighted by atomic mass is 35.5. The SMILES string of the molecule is COC(=O)C(CC(C)=O)Cc1ccccc1CCl. The smallest absolute Gasteiger partial charge is 0.309 e. The van der Waals surface area contributed by atoms with E-state index in [2.05, 4.69) is 0 Å². The van der Waals surface area contributed by atoms with Crippen LogP contribution in [0.2, 0.25) is 0 Å². The van der Waals surface area contributed by atoms with Crippen molar-refractivity contribution in [3.8, 4) is 0 Å². The minimum absolute atomic E-state index is 0.0197. The number of rotatable bonds is 6. The summed E-state index contributed by atoms with van der Waals surface area (Å²) in [5.41, 5.74) is 1.97. The predicted octanol–water partition coefficient (Wildman–Crippen LogP) is 2.74. The van der Waals surface area contributed by atoms with Crippen LogP contribution in [0.4, 0.5) is 0 Å². The number of ketones is 1. The lowest BCUT2D eigenvalue weighted by molar-refractivity contribution is -0.147. The fourth-order valence-electron chi connectivity index (χ4n) is 1.90. The number of hydrogen-bond donors (Lipinski definition) is 0. The third kappa shape index (κ3) is 4.15. The summed E-state index contributed by atoms with van der Waals surface area (Å²) >= 11 is 5.85. The lowest BCUT2D eigenvalue weighted by Crippen LogP contribution is -2.21. The molecule has 1 unspecified atom stereocenters. The van der Waals surface area contributed by atoms with E-state index in [-0.39, 0.29) is 18.2 Å². The Morgan fingerprint density at radius 3 is 2.39 bits per heavy atom. The molecule has 0 aliphatic rings. The summed E-state index contributed by atoms with van der Waals surface area (Å²) in [7, 11) is 1.34. The van der Waals surface area contributed by atoms with Crippen molar-refractivity contribution in [3.63, 3.8) is 0 Å². The Bertz CT molecular complexity index is 429. The van der Waals surface area contributed by atoms with Crippen LogP contribution in [0.15, 0.2) is 24.3 Å². The van der Waals surface area contributed by atoms with Gasteiger partial charge >= 0.3 is 5.97 Å². The molecule has 0 bridgehead atoms. The minimum Gasteiger partial charge on any atom is -0.469 e. The van der Waals surface area contributed by atoms with Gasteiger partial charge in [-0.05, 0) is 24.5 Å². The molecule has 0 amide bonds. The second-order valence-corrected chi connectivity index (χ2v) is 4.50. The molecule has 0 spiro atoms. The fourth-order valence-corrected chi connectivity index (χ4v) is 2.17. The lowest BCUT2D eigenvalue weighted by atomic mass is 9.92. The fraction of sp³-hybridized carbons (Fsp3) is 0.429. The van der Waals surface area contributed by atoms with Crippen LogP contribution in [-0.4, -0.2) is 18.9 Å². The van der Waals surface area contributed by atoms with Crippen molar-refractivity contribution in [2.75, 3.05) is 7.11 Å². The second kappa shape index (κ2) is 7.17. The number of ether oxygens (including phenoxy) is 1. The highest BCUT2D eigenvalue weighted by Gasteiger charge is 2.22. The molecule has 0 N–H and O–H groups in total. The molecular weight excluding hydrogens is 252 g/mol. The van der Waals surface area contributed by atoms with Gasteiger partial charge in [-0.15, -0.1) is 11.6 Å². The third-order valence-corrected chi connectivity index (χ3v) is 3.08. The van der Waals surface area contributed by atoms with E-state index in [1.807, 2.05) is 24.3 Å². The van der Waals surface area contributed by atoms with Crippen molar-refractivity contribution in [3.05, 3.63) is 35.4 Å². The molecule has 1 aromatic carbocycles. The lowest BCUT2D eigenvalue weighted by Gasteiger charge is -2.15. The van der Waals surface area contributed by atoms with Crippen LogP contribution in [0.3, 0.4) is 0 Å². The van der Waals surface area contributed by atoms with Gasteiger partial charge in [0.25, 0.3) is 0 Å². The molecule has 0 radical (unpaired) electrons. The first-order chi connectivity index (χ1) is 8.58. The zero-order valence-corrected chi connectivity index (χ0v) is 11.4. The highest BCUT2D eigenvalue weighted by Crippen LogP contribution is 2.19. The van der Waals surface area contributed by atoms with Gasteiger partial charge in [0.05, 0.1) is 13.0 Å². The summed E-state index contributed by atoms with van der Waals surface area (Å²) in [4.78, 5) is 22.8. The van der Waals surface area contributed by atoms with Gasteiger partial charge in [0.2, 0.25) is 0 Å². The average Bonchev–Trinajstić information content (AvgIpc) is 2.37. The molecule has 18 heavy (non-hydrogen) atoms. The first kappa shape index (κ1) is 14.7. The maximum Gasteiger partial charge on any atom is 0.309 e. The van der Waals surface area contributed by atoms with Crippen LogP contribution in [0.5, 0.6) is 0 Å². The molecule has 3 nitrogen and oxygen atoms in total. The first-order valence-electron chi connectivity index (χ1n) is 5.78. The van der Waals surface area contributed by atoms with Crippen molar-refractivity contribution in [2.24, 2.45) is 5.92 Å². The van der Waals surface area contributed by atoms with Gasteiger partial charge in [-0.1, -0.05) is 24.3 Å². The molecule has 0 fully saturated rings. The van der Waals surface area contributed by atoms with E-state index in [1.54, 1.807) is 0 Å². The zero-order chi connectivity index (χ0) is 13.5. The molecule has 1 rings (SSSR count). The van der Waals surface area contributed by atoms with Crippen molar-refractivity contribution in [1.82, 2.24) is 0 Å². The Morgan fingerprint density at radius 2 is 1.89 bits per heavy atom. The molecule has 4 heteroatoms.